The van der Waals surface area contributed by atoms with E-state index in [1.165, 1.54) is 0 Å². The highest BCUT2D eigenvalue weighted by atomic mass is 79.9. The highest BCUT2D eigenvalue weighted by Crippen LogP contribution is 2.27. The van der Waals surface area contributed by atoms with Crippen molar-refractivity contribution in [3.05, 3.63) is 28.7 Å². The Morgan fingerprint density at radius 1 is 1.25 bits per heavy atom. The summed E-state index contributed by atoms with van der Waals surface area (Å²) in [6, 6.07) is 7.90. The smallest absolute Gasteiger partial charge is 0.407 e. The van der Waals surface area contributed by atoms with Gasteiger partial charge in [0.15, 0.2) is 0 Å². The van der Waals surface area contributed by atoms with E-state index in [0.29, 0.717) is 0 Å². The summed E-state index contributed by atoms with van der Waals surface area (Å²) in [6.07, 6.45) is 1.44. The van der Waals surface area contributed by atoms with Gasteiger partial charge in [-0.1, -0.05) is 15.9 Å². The van der Waals surface area contributed by atoms with Crippen LogP contribution in [0.25, 0.3) is 0 Å². The van der Waals surface area contributed by atoms with E-state index in [0.717, 1.165) is 23.1 Å². The standard InChI is InChI=1S/C15H20BrNO3/c1-15(2,3)20-14(18)17-11-8-13(9-11)19-12-6-4-10(16)5-7-12/h4-7,11,13H,8-9H2,1-3H3,(H,17,18). The molecule has 1 aromatic carbocycles. The first-order valence-electron chi connectivity index (χ1n) is 6.73. The monoisotopic (exact) mass is 341 g/mol. The van der Waals surface area contributed by atoms with Crippen LogP contribution in [0.5, 0.6) is 5.75 Å². The molecule has 0 spiro atoms. The SMILES string of the molecule is CC(C)(C)OC(=O)NC1CC(Oc2ccc(Br)cc2)C1. The van der Waals surface area contributed by atoms with E-state index in [2.05, 4.69) is 21.2 Å². The third kappa shape index (κ3) is 4.71. The number of rotatable bonds is 3. The molecule has 110 valence electrons. The van der Waals surface area contributed by atoms with Crippen molar-refractivity contribution < 1.29 is 14.3 Å². The molecule has 1 saturated carbocycles. The minimum Gasteiger partial charge on any atom is -0.490 e. The van der Waals surface area contributed by atoms with Gasteiger partial charge in [-0.25, -0.2) is 4.79 Å². The van der Waals surface area contributed by atoms with Crippen LogP contribution >= 0.6 is 15.9 Å². The Bertz CT molecular complexity index is 461. The topological polar surface area (TPSA) is 47.6 Å². The van der Waals surface area contributed by atoms with Crippen molar-refractivity contribution in [2.24, 2.45) is 0 Å². The molecule has 0 radical (unpaired) electrons. The lowest BCUT2D eigenvalue weighted by Gasteiger charge is -2.36. The number of benzene rings is 1. The van der Waals surface area contributed by atoms with Crippen molar-refractivity contribution >= 4 is 22.0 Å². The molecule has 1 aromatic rings. The van der Waals surface area contributed by atoms with Crippen molar-refractivity contribution in [1.82, 2.24) is 5.32 Å². The Labute approximate surface area is 128 Å². The predicted molar refractivity (Wildman–Crippen MR) is 80.9 cm³/mol. The van der Waals surface area contributed by atoms with Gasteiger partial charge in [0.05, 0.1) is 0 Å². The number of hydrogen-bond donors (Lipinski definition) is 1. The Morgan fingerprint density at radius 3 is 2.40 bits per heavy atom. The van der Waals surface area contributed by atoms with Crippen LogP contribution in [-0.4, -0.2) is 23.8 Å². The molecule has 0 unspecified atom stereocenters. The van der Waals surface area contributed by atoms with Crippen LogP contribution in [-0.2, 0) is 4.74 Å². The van der Waals surface area contributed by atoms with Crippen molar-refractivity contribution in [3.63, 3.8) is 0 Å². The summed E-state index contributed by atoms with van der Waals surface area (Å²) in [4.78, 5) is 11.6. The van der Waals surface area contributed by atoms with E-state index in [-0.39, 0.29) is 18.2 Å². The number of alkyl carbamates (subject to hydrolysis) is 1. The Morgan fingerprint density at radius 2 is 1.85 bits per heavy atom. The maximum absolute atomic E-state index is 11.6. The molecule has 1 fully saturated rings. The summed E-state index contributed by atoms with van der Waals surface area (Å²) in [7, 11) is 0. The van der Waals surface area contributed by atoms with E-state index in [9.17, 15) is 4.79 Å². The molecule has 0 aromatic heterocycles. The summed E-state index contributed by atoms with van der Waals surface area (Å²) >= 11 is 3.39. The van der Waals surface area contributed by atoms with Crippen molar-refractivity contribution in [3.8, 4) is 5.75 Å². The summed E-state index contributed by atoms with van der Waals surface area (Å²) in [5.41, 5.74) is -0.457. The highest BCUT2D eigenvalue weighted by Gasteiger charge is 2.33. The van der Waals surface area contributed by atoms with Crippen LogP contribution in [0.3, 0.4) is 0 Å². The molecule has 0 saturated heterocycles. The Balaban J connectivity index is 1.70. The average molecular weight is 342 g/mol. The fourth-order valence-electron chi connectivity index (χ4n) is 1.96. The molecule has 0 bridgehead atoms. The lowest BCUT2D eigenvalue weighted by atomic mass is 9.89. The Hall–Kier alpha value is -1.23. The van der Waals surface area contributed by atoms with Gasteiger partial charge in [-0.05, 0) is 45.0 Å². The zero-order valence-corrected chi connectivity index (χ0v) is 13.6. The molecule has 5 heteroatoms. The lowest BCUT2D eigenvalue weighted by Crippen LogP contribution is -2.50. The summed E-state index contributed by atoms with van der Waals surface area (Å²) in [5.74, 6) is 0.855. The minimum atomic E-state index is -0.457. The largest absolute Gasteiger partial charge is 0.490 e. The summed E-state index contributed by atoms with van der Waals surface area (Å²) in [6.45, 7) is 5.56. The quantitative estimate of drug-likeness (QED) is 0.907. The first-order chi connectivity index (χ1) is 9.32. The van der Waals surface area contributed by atoms with Gasteiger partial charge in [0.1, 0.15) is 17.5 Å². The molecule has 4 nitrogen and oxygen atoms in total. The molecular formula is C15H20BrNO3. The number of carbonyl (C=O) groups is 1. The molecular weight excluding hydrogens is 322 g/mol. The number of carbonyl (C=O) groups excluding carboxylic acids is 1. The highest BCUT2D eigenvalue weighted by molar-refractivity contribution is 9.10. The third-order valence-electron chi connectivity index (χ3n) is 2.93. The molecule has 1 aliphatic rings. The normalized spacial score (nSPS) is 21.8. The van der Waals surface area contributed by atoms with Gasteiger partial charge in [-0.15, -0.1) is 0 Å². The molecule has 0 aliphatic heterocycles. The van der Waals surface area contributed by atoms with Crippen molar-refractivity contribution in [2.75, 3.05) is 0 Å². The number of hydrogen-bond acceptors (Lipinski definition) is 3. The van der Waals surface area contributed by atoms with E-state index in [1.807, 2.05) is 45.0 Å². The lowest BCUT2D eigenvalue weighted by molar-refractivity contribution is 0.0363. The van der Waals surface area contributed by atoms with Gasteiger partial charge in [-0.2, -0.15) is 0 Å². The van der Waals surface area contributed by atoms with Crippen LogP contribution in [0.1, 0.15) is 33.6 Å². The van der Waals surface area contributed by atoms with Crippen LogP contribution in [0.4, 0.5) is 4.79 Å². The van der Waals surface area contributed by atoms with Gasteiger partial charge in [0.2, 0.25) is 0 Å². The zero-order chi connectivity index (χ0) is 14.8. The molecule has 1 N–H and O–H groups in total. The van der Waals surface area contributed by atoms with Gasteiger partial charge in [0.25, 0.3) is 0 Å². The van der Waals surface area contributed by atoms with Gasteiger partial charge >= 0.3 is 6.09 Å². The van der Waals surface area contributed by atoms with E-state index in [1.54, 1.807) is 0 Å². The van der Waals surface area contributed by atoms with Crippen LogP contribution in [0.2, 0.25) is 0 Å². The second-order valence-corrected chi connectivity index (χ2v) is 6.92. The Kier molecular flexibility index (Phi) is 4.58. The van der Waals surface area contributed by atoms with Crippen molar-refractivity contribution in [1.29, 1.82) is 0 Å². The molecule has 1 amide bonds. The van der Waals surface area contributed by atoms with E-state index < -0.39 is 5.60 Å². The van der Waals surface area contributed by atoms with Crippen LogP contribution in [0.15, 0.2) is 28.7 Å². The zero-order valence-electron chi connectivity index (χ0n) is 12.0. The van der Waals surface area contributed by atoms with Crippen LogP contribution in [0, 0.1) is 0 Å². The predicted octanol–water partition coefficient (Wildman–Crippen LogP) is 3.88. The van der Waals surface area contributed by atoms with Crippen LogP contribution < -0.4 is 10.1 Å². The number of halogens is 1. The van der Waals surface area contributed by atoms with Crippen molar-refractivity contribution in [2.45, 2.75) is 51.4 Å². The average Bonchev–Trinajstić information content (AvgIpc) is 2.26. The maximum Gasteiger partial charge on any atom is 0.407 e. The molecule has 0 atom stereocenters. The molecule has 0 heterocycles. The second-order valence-electron chi connectivity index (χ2n) is 6.01. The first-order valence-corrected chi connectivity index (χ1v) is 7.53. The fourth-order valence-corrected chi connectivity index (χ4v) is 2.22. The van der Waals surface area contributed by atoms with E-state index >= 15 is 0 Å². The number of nitrogens with one attached hydrogen (secondary N) is 1. The fraction of sp³-hybridized carbons (Fsp3) is 0.533. The molecule has 20 heavy (non-hydrogen) atoms. The van der Waals surface area contributed by atoms with Gasteiger partial charge in [0, 0.05) is 23.4 Å². The minimum absolute atomic E-state index is 0.144. The van der Waals surface area contributed by atoms with E-state index in [4.69, 9.17) is 9.47 Å². The summed E-state index contributed by atoms with van der Waals surface area (Å²) < 4.78 is 12.1. The first kappa shape index (κ1) is 15.2. The molecule has 2 rings (SSSR count). The third-order valence-corrected chi connectivity index (χ3v) is 3.46. The maximum atomic E-state index is 11.6. The number of amides is 1. The van der Waals surface area contributed by atoms with Gasteiger partial charge in [-0.3, -0.25) is 0 Å². The van der Waals surface area contributed by atoms with Gasteiger partial charge < -0.3 is 14.8 Å². The molecule has 1 aliphatic carbocycles. The second kappa shape index (κ2) is 6.04. The summed E-state index contributed by atoms with van der Waals surface area (Å²) in [5, 5.41) is 2.85. The number of ether oxygens (including phenoxy) is 2.